The zero-order chi connectivity index (χ0) is 15.2. The molecule has 0 aliphatic heterocycles. The third-order valence-electron chi connectivity index (χ3n) is 2.65. The molecule has 0 saturated heterocycles. The van der Waals surface area contributed by atoms with Crippen molar-refractivity contribution in [1.29, 1.82) is 0 Å². The van der Waals surface area contributed by atoms with Gasteiger partial charge in [0.15, 0.2) is 0 Å². The first kappa shape index (κ1) is 15.4. The summed E-state index contributed by atoms with van der Waals surface area (Å²) in [5.41, 5.74) is 1.25. The maximum atomic E-state index is 12.1. The molecule has 6 nitrogen and oxygen atoms in total. The number of hydrogen-bond donors (Lipinski definition) is 2. The molecule has 0 radical (unpaired) electrons. The van der Waals surface area contributed by atoms with Crippen LogP contribution in [0.2, 0.25) is 0 Å². The van der Waals surface area contributed by atoms with E-state index in [1.54, 1.807) is 12.3 Å². The predicted molar refractivity (Wildman–Crippen MR) is 84.8 cm³/mol. The molecule has 2 aromatic rings. The standard InChI is InChI=1S/C14H19N5OS/c1-4-15-10-5-6-11(16-8-10)13(20)17-14-19-18-12(21-14)7-9(2)3/h5-6,8-9,15H,4,7H2,1-3H3,(H,17,19,20). The van der Waals surface area contributed by atoms with E-state index in [1.165, 1.54) is 11.3 Å². The van der Waals surface area contributed by atoms with Gasteiger partial charge in [-0.15, -0.1) is 10.2 Å². The van der Waals surface area contributed by atoms with Gasteiger partial charge in [0.1, 0.15) is 10.7 Å². The van der Waals surface area contributed by atoms with Crippen molar-refractivity contribution in [2.45, 2.75) is 27.2 Å². The number of aromatic nitrogens is 3. The number of amides is 1. The van der Waals surface area contributed by atoms with Crippen LogP contribution >= 0.6 is 11.3 Å². The van der Waals surface area contributed by atoms with Gasteiger partial charge in [-0.25, -0.2) is 4.98 Å². The summed E-state index contributed by atoms with van der Waals surface area (Å²) in [7, 11) is 0. The molecule has 0 bridgehead atoms. The fourth-order valence-corrected chi connectivity index (χ4v) is 2.68. The van der Waals surface area contributed by atoms with Crippen LogP contribution in [0.4, 0.5) is 10.8 Å². The minimum Gasteiger partial charge on any atom is -0.384 e. The lowest BCUT2D eigenvalue weighted by Crippen LogP contribution is -2.13. The summed E-state index contributed by atoms with van der Waals surface area (Å²) in [6.07, 6.45) is 2.51. The third-order valence-corrected chi connectivity index (χ3v) is 3.51. The van der Waals surface area contributed by atoms with Crippen molar-refractivity contribution >= 4 is 28.1 Å². The van der Waals surface area contributed by atoms with E-state index in [9.17, 15) is 4.79 Å². The Bertz CT molecular complexity index is 594. The number of nitrogens with one attached hydrogen (secondary N) is 2. The normalized spacial score (nSPS) is 10.7. The number of nitrogens with zero attached hydrogens (tertiary/aromatic N) is 3. The molecule has 0 unspecified atom stereocenters. The number of pyridine rings is 1. The van der Waals surface area contributed by atoms with Gasteiger partial charge in [-0.3, -0.25) is 10.1 Å². The third kappa shape index (κ3) is 4.49. The maximum absolute atomic E-state index is 12.1. The Balaban J connectivity index is 1.98. The molecule has 0 aliphatic rings. The maximum Gasteiger partial charge on any atom is 0.276 e. The molecule has 21 heavy (non-hydrogen) atoms. The molecule has 2 heterocycles. The lowest BCUT2D eigenvalue weighted by Gasteiger charge is -2.04. The number of carbonyl (C=O) groups excluding carboxylic acids is 1. The first-order chi connectivity index (χ1) is 10.1. The van der Waals surface area contributed by atoms with Gasteiger partial charge < -0.3 is 5.32 Å². The minimum absolute atomic E-state index is 0.273. The molecule has 0 fully saturated rings. The van der Waals surface area contributed by atoms with E-state index in [0.717, 1.165) is 23.7 Å². The van der Waals surface area contributed by atoms with E-state index in [-0.39, 0.29) is 5.91 Å². The predicted octanol–water partition coefficient (Wildman–Crippen LogP) is 2.82. The van der Waals surface area contributed by atoms with Crippen molar-refractivity contribution in [3.8, 4) is 0 Å². The monoisotopic (exact) mass is 305 g/mol. The highest BCUT2D eigenvalue weighted by molar-refractivity contribution is 7.15. The van der Waals surface area contributed by atoms with Crippen LogP contribution < -0.4 is 10.6 Å². The second-order valence-electron chi connectivity index (χ2n) is 5.02. The van der Waals surface area contributed by atoms with E-state index >= 15 is 0 Å². The van der Waals surface area contributed by atoms with Crippen LogP contribution in [0.15, 0.2) is 18.3 Å². The molecule has 0 aromatic carbocycles. The van der Waals surface area contributed by atoms with Crippen molar-refractivity contribution in [2.24, 2.45) is 5.92 Å². The fourth-order valence-electron chi connectivity index (χ4n) is 1.73. The fraction of sp³-hybridized carbons (Fsp3) is 0.429. The molecule has 1 amide bonds. The van der Waals surface area contributed by atoms with Crippen LogP contribution in [0.3, 0.4) is 0 Å². The SMILES string of the molecule is CCNc1ccc(C(=O)Nc2nnc(CC(C)C)s2)nc1. The van der Waals surface area contributed by atoms with Crippen molar-refractivity contribution in [1.82, 2.24) is 15.2 Å². The number of carbonyl (C=O) groups is 1. The van der Waals surface area contributed by atoms with E-state index in [2.05, 4.69) is 39.7 Å². The van der Waals surface area contributed by atoms with E-state index in [4.69, 9.17) is 0 Å². The molecular weight excluding hydrogens is 286 g/mol. The molecule has 2 aromatic heterocycles. The summed E-state index contributed by atoms with van der Waals surface area (Å²) >= 11 is 1.40. The van der Waals surface area contributed by atoms with Crippen molar-refractivity contribution in [3.05, 3.63) is 29.0 Å². The Hall–Kier alpha value is -2.02. The zero-order valence-corrected chi connectivity index (χ0v) is 13.2. The summed E-state index contributed by atoms with van der Waals surface area (Å²) in [6.45, 7) is 7.06. The summed E-state index contributed by atoms with van der Waals surface area (Å²) in [5.74, 6) is 0.243. The largest absolute Gasteiger partial charge is 0.384 e. The van der Waals surface area contributed by atoms with Crippen LogP contribution in [-0.2, 0) is 6.42 Å². The first-order valence-corrected chi connectivity index (χ1v) is 7.73. The molecular formula is C14H19N5OS. The van der Waals surface area contributed by atoms with E-state index < -0.39 is 0 Å². The molecule has 0 spiro atoms. The second-order valence-corrected chi connectivity index (χ2v) is 6.08. The van der Waals surface area contributed by atoms with Crippen LogP contribution in [-0.4, -0.2) is 27.6 Å². The Labute approximate surface area is 128 Å². The van der Waals surface area contributed by atoms with E-state index in [1.807, 2.05) is 13.0 Å². The molecule has 0 saturated carbocycles. The topological polar surface area (TPSA) is 79.8 Å². The lowest BCUT2D eigenvalue weighted by atomic mass is 10.1. The molecule has 2 rings (SSSR count). The Kier molecular flexibility index (Phi) is 5.21. The van der Waals surface area contributed by atoms with Gasteiger partial charge in [0, 0.05) is 13.0 Å². The summed E-state index contributed by atoms with van der Waals surface area (Å²) < 4.78 is 0. The highest BCUT2D eigenvalue weighted by Crippen LogP contribution is 2.18. The second kappa shape index (κ2) is 7.12. The van der Waals surface area contributed by atoms with Crippen molar-refractivity contribution in [2.75, 3.05) is 17.2 Å². The zero-order valence-electron chi connectivity index (χ0n) is 12.4. The van der Waals surface area contributed by atoms with Gasteiger partial charge in [0.25, 0.3) is 5.91 Å². The van der Waals surface area contributed by atoms with Gasteiger partial charge in [0.05, 0.1) is 11.9 Å². The average molecular weight is 305 g/mol. The Morgan fingerprint density at radius 1 is 1.33 bits per heavy atom. The van der Waals surface area contributed by atoms with Crippen LogP contribution in [0.25, 0.3) is 0 Å². The smallest absolute Gasteiger partial charge is 0.276 e. The Morgan fingerprint density at radius 3 is 2.76 bits per heavy atom. The lowest BCUT2D eigenvalue weighted by molar-refractivity contribution is 0.102. The van der Waals surface area contributed by atoms with Gasteiger partial charge in [0.2, 0.25) is 5.13 Å². The van der Waals surface area contributed by atoms with Gasteiger partial charge in [-0.1, -0.05) is 25.2 Å². The van der Waals surface area contributed by atoms with Gasteiger partial charge in [-0.2, -0.15) is 0 Å². The van der Waals surface area contributed by atoms with Crippen molar-refractivity contribution < 1.29 is 4.79 Å². The minimum atomic E-state index is -0.273. The Morgan fingerprint density at radius 2 is 2.14 bits per heavy atom. The highest BCUT2D eigenvalue weighted by Gasteiger charge is 2.12. The summed E-state index contributed by atoms with van der Waals surface area (Å²) in [5, 5.41) is 15.3. The summed E-state index contributed by atoms with van der Waals surface area (Å²) in [4.78, 5) is 16.2. The van der Waals surface area contributed by atoms with Crippen LogP contribution in [0.1, 0.15) is 36.3 Å². The molecule has 112 valence electrons. The van der Waals surface area contributed by atoms with Gasteiger partial charge in [-0.05, 0) is 25.0 Å². The van der Waals surface area contributed by atoms with Crippen LogP contribution in [0.5, 0.6) is 0 Å². The molecule has 0 aliphatic carbocycles. The highest BCUT2D eigenvalue weighted by atomic mass is 32.1. The van der Waals surface area contributed by atoms with Crippen molar-refractivity contribution in [3.63, 3.8) is 0 Å². The molecule has 7 heteroatoms. The number of anilines is 2. The quantitative estimate of drug-likeness (QED) is 0.858. The average Bonchev–Trinajstić information content (AvgIpc) is 2.86. The number of hydrogen-bond acceptors (Lipinski definition) is 6. The van der Waals surface area contributed by atoms with E-state index in [0.29, 0.717) is 16.7 Å². The molecule has 2 N–H and O–H groups in total. The summed E-state index contributed by atoms with van der Waals surface area (Å²) in [6, 6.07) is 3.51. The van der Waals surface area contributed by atoms with Crippen LogP contribution in [0, 0.1) is 5.92 Å². The number of rotatable bonds is 6. The molecule has 0 atom stereocenters. The first-order valence-electron chi connectivity index (χ1n) is 6.92. The van der Waals surface area contributed by atoms with Gasteiger partial charge >= 0.3 is 0 Å².